The number of amides is 1. The maximum atomic E-state index is 11.0. The molecule has 2 atom stereocenters. The summed E-state index contributed by atoms with van der Waals surface area (Å²) in [5.74, 6) is -1.35. The third-order valence-corrected chi connectivity index (χ3v) is 1.95. The first-order valence-corrected chi connectivity index (χ1v) is 3.68. The van der Waals surface area contributed by atoms with Gasteiger partial charge in [0.2, 0.25) is 7.34 Å². The summed E-state index contributed by atoms with van der Waals surface area (Å²) in [5, 5.41) is 13.0. The molecule has 0 saturated carbocycles. The number of hydrogen-bond acceptors (Lipinski definition) is 3. The third-order valence-electron chi connectivity index (χ3n) is 1.95. The zero-order chi connectivity index (χ0) is 10.0. The van der Waals surface area contributed by atoms with Crippen molar-refractivity contribution in [2.24, 2.45) is 0 Å². The minimum absolute atomic E-state index is 0.190. The molecular weight excluding hydrogens is 162 g/mol. The number of carboxylic acid groups (broad SMARTS) is 1. The number of β-amino-alcohol motifs (C(OH)–C–C–N with tert-alkyl or cyclic N) is 1. The first-order valence-electron chi connectivity index (χ1n) is 4.09. The second kappa shape index (κ2) is 3.10. The van der Waals surface area contributed by atoms with Gasteiger partial charge in [-0.15, -0.1) is 0 Å². The molecule has 12 heavy (non-hydrogen) atoms. The van der Waals surface area contributed by atoms with Crippen LogP contribution in [0.1, 0.15) is 13.3 Å². The molecule has 2 N–H and O–H groups in total. The molecule has 5 heteroatoms. The van der Waals surface area contributed by atoms with Crippen LogP contribution in [0.4, 0.5) is 0 Å². The predicted molar refractivity (Wildman–Crippen MR) is 39.4 cm³/mol. The van der Waals surface area contributed by atoms with Crippen LogP contribution >= 0.6 is 0 Å². The van der Waals surface area contributed by atoms with Crippen LogP contribution in [0.3, 0.4) is 0 Å². The number of aliphatic carboxylic acids is 1. The molecule has 5 nitrogen and oxygen atoms in total. The Morgan fingerprint density at radius 1 is 1.67 bits per heavy atom. The van der Waals surface area contributed by atoms with Gasteiger partial charge in [-0.1, -0.05) is 0 Å². The fraction of sp³-hybridized carbons (Fsp3) is 0.714. The highest BCUT2D eigenvalue weighted by Crippen LogP contribution is 2.17. The summed E-state index contributed by atoms with van der Waals surface area (Å²) in [7, 11) is 0. The van der Waals surface area contributed by atoms with Crippen LogP contribution in [0.2, 0.25) is 0 Å². The van der Waals surface area contributed by atoms with E-state index in [0.29, 0.717) is 0 Å². The van der Waals surface area contributed by atoms with Crippen molar-refractivity contribution in [3.63, 3.8) is 0 Å². The summed E-state index contributed by atoms with van der Waals surface area (Å²) < 4.78 is 6.63. The van der Waals surface area contributed by atoms with Gasteiger partial charge in [0.15, 0.2) is 0 Å². The molecule has 1 fully saturated rings. The normalized spacial score (nSPS) is 30.1. The van der Waals surface area contributed by atoms with Gasteiger partial charge in [-0.25, -0.2) is 4.79 Å². The Bertz CT molecular complexity index is 211. The summed E-state index contributed by atoms with van der Waals surface area (Å²) in [5.41, 5.74) is 0. The lowest BCUT2D eigenvalue weighted by Crippen LogP contribution is -2.39. The average Bonchev–Trinajstić information content (AvgIpc) is 2.47. The molecule has 68 valence electrons. The molecule has 0 spiro atoms. The van der Waals surface area contributed by atoms with Crippen molar-refractivity contribution in [3.8, 4) is 0 Å². The molecule has 0 aliphatic carbocycles. The average molecular weight is 174 g/mol. The smallest absolute Gasteiger partial charge is 0.326 e. The highest BCUT2D eigenvalue weighted by atomic mass is 16.4. The number of aliphatic hydroxyl groups excluding tert-OH is 1. The maximum absolute atomic E-state index is 11.0. The third kappa shape index (κ3) is 1.55. The summed E-state index contributed by atoms with van der Waals surface area (Å²) in [6, 6.07) is -0.840. The number of carbonyl (C=O) groups excluding carboxylic acids is 1. The van der Waals surface area contributed by atoms with E-state index in [1.807, 2.05) is 0 Å². The molecule has 1 aliphatic heterocycles. The van der Waals surface area contributed by atoms with Crippen molar-refractivity contribution in [1.82, 2.24) is 4.90 Å². The Kier molecular flexibility index (Phi) is 1.95. The highest BCUT2D eigenvalue weighted by molar-refractivity contribution is 5.83. The van der Waals surface area contributed by atoms with Crippen molar-refractivity contribution in [2.45, 2.75) is 25.5 Å². The molecule has 0 aromatic heterocycles. The quantitative estimate of drug-likeness (QED) is 0.566. The van der Waals surface area contributed by atoms with Crippen molar-refractivity contribution >= 4 is 11.9 Å². The van der Waals surface area contributed by atoms with E-state index in [4.69, 9.17) is 6.54 Å². The highest BCUT2D eigenvalue weighted by Gasteiger charge is 2.37. The Balaban J connectivity index is 2.71. The molecule has 0 radical (unpaired) electrons. The van der Waals surface area contributed by atoms with Gasteiger partial charge in [0.25, 0.3) is 0 Å². The van der Waals surface area contributed by atoms with Gasteiger partial charge in [0.1, 0.15) is 6.04 Å². The second-order valence-electron chi connectivity index (χ2n) is 2.88. The lowest BCUT2D eigenvalue weighted by atomic mass is 10.2. The minimum Gasteiger partial charge on any atom is -0.480 e. The van der Waals surface area contributed by atoms with Gasteiger partial charge in [-0.3, -0.25) is 4.79 Å². The number of carbonyl (C=O) groups is 2. The van der Waals surface area contributed by atoms with Crippen molar-refractivity contribution in [1.29, 1.82) is 1.43 Å². The number of rotatable bonds is 2. The molecule has 1 aliphatic rings. The molecule has 1 saturated heterocycles. The minimum atomic E-state index is -1.05. The van der Waals surface area contributed by atoms with Crippen LogP contribution < -0.4 is 0 Å². The van der Waals surface area contributed by atoms with E-state index in [0.717, 1.165) is 0 Å². The summed E-state index contributed by atoms with van der Waals surface area (Å²) in [6.45, 7) is 1.50. The zero-order valence-corrected chi connectivity index (χ0v) is 6.69. The van der Waals surface area contributed by atoms with E-state index < -0.39 is 18.1 Å². The van der Waals surface area contributed by atoms with Crippen LogP contribution in [0.15, 0.2) is 0 Å². The first kappa shape index (κ1) is 7.54. The fourth-order valence-corrected chi connectivity index (χ4v) is 1.38. The SMILES string of the molecule is [2H]O[C@@H]1C[C@@H](C(=O)O)N(C(C)=O)C1. The van der Waals surface area contributed by atoms with Crippen LogP contribution in [-0.2, 0) is 9.59 Å². The second-order valence-corrected chi connectivity index (χ2v) is 2.88. The van der Waals surface area contributed by atoms with Gasteiger partial charge in [0.05, 0.1) is 6.10 Å². The Morgan fingerprint density at radius 2 is 2.33 bits per heavy atom. The lowest BCUT2D eigenvalue weighted by molar-refractivity contribution is -0.147. The van der Waals surface area contributed by atoms with E-state index in [1.54, 1.807) is 0 Å². The number of likely N-dealkylation sites (tertiary alicyclic amines) is 1. The lowest BCUT2D eigenvalue weighted by Gasteiger charge is -2.18. The van der Waals surface area contributed by atoms with Gasteiger partial charge in [-0.2, -0.15) is 0 Å². The summed E-state index contributed by atoms with van der Waals surface area (Å²) >= 11 is 0. The van der Waals surface area contributed by atoms with Crippen LogP contribution in [0.25, 0.3) is 0 Å². The van der Waals surface area contributed by atoms with E-state index in [-0.39, 0.29) is 18.9 Å². The number of hydrogen-bond donors (Lipinski definition) is 2. The number of carboxylic acids is 1. The molecular formula is C7H11NO4. The van der Waals surface area contributed by atoms with Crippen LogP contribution in [0.5, 0.6) is 0 Å². The number of aliphatic hydroxyl groups is 1. The van der Waals surface area contributed by atoms with Crippen molar-refractivity contribution in [3.05, 3.63) is 0 Å². The van der Waals surface area contributed by atoms with Gasteiger partial charge in [0, 0.05) is 19.9 Å². The summed E-state index contributed by atoms with van der Waals surface area (Å²) in [4.78, 5) is 22.8. The summed E-state index contributed by atoms with van der Waals surface area (Å²) in [6.07, 6.45) is -0.289. The molecule has 1 heterocycles. The van der Waals surface area contributed by atoms with E-state index in [2.05, 4.69) is 5.11 Å². The molecule has 0 aromatic carbocycles. The van der Waals surface area contributed by atoms with Gasteiger partial charge >= 0.3 is 5.97 Å². The first-order chi connectivity index (χ1) is 6.06. The molecule has 0 aromatic rings. The van der Waals surface area contributed by atoms with Crippen LogP contribution in [-0.4, -0.2) is 47.1 Å². The Morgan fingerprint density at radius 3 is 2.67 bits per heavy atom. The van der Waals surface area contributed by atoms with Crippen molar-refractivity contribution in [2.75, 3.05) is 6.54 Å². The Labute approximate surface area is 71.1 Å². The van der Waals surface area contributed by atoms with Crippen molar-refractivity contribution < 1.29 is 19.8 Å². The van der Waals surface area contributed by atoms with E-state index >= 15 is 0 Å². The van der Waals surface area contributed by atoms with E-state index in [1.165, 1.54) is 11.8 Å². The molecule has 0 bridgehead atoms. The molecule has 1 amide bonds. The van der Waals surface area contributed by atoms with E-state index in [9.17, 15) is 9.59 Å². The fourth-order valence-electron chi connectivity index (χ4n) is 1.38. The largest absolute Gasteiger partial charge is 0.480 e. The standard InChI is InChI=1S/C7H11NO4/c1-4(9)8-3-5(10)2-6(8)7(11)12/h5-6,10H,2-3H2,1H3,(H,11,12)/t5-,6+/m1/s1/i10D. The number of nitrogens with zero attached hydrogens (tertiary/aromatic N) is 1. The zero-order valence-electron chi connectivity index (χ0n) is 7.69. The maximum Gasteiger partial charge on any atom is 0.326 e. The topological polar surface area (TPSA) is 77.8 Å². The Hall–Kier alpha value is -1.10. The van der Waals surface area contributed by atoms with Gasteiger partial charge < -0.3 is 15.1 Å². The molecule has 0 unspecified atom stereocenters. The molecule has 1 rings (SSSR count). The monoisotopic (exact) mass is 174 g/mol. The van der Waals surface area contributed by atoms with Gasteiger partial charge in [-0.05, 0) is 0 Å². The predicted octanol–water partition coefficient (Wildman–Crippen LogP) is -0.947. The van der Waals surface area contributed by atoms with Crippen LogP contribution in [0, 0.1) is 0 Å².